The van der Waals surface area contributed by atoms with E-state index >= 15 is 0 Å². The molecule has 0 fully saturated rings. The number of halogens is 1. The maximum atomic E-state index is 5.95. The van der Waals surface area contributed by atoms with Crippen LogP contribution < -0.4 is 4.74 Å². The van der Waals surface area contributed by atoms with E-state index in [2.05, 4.69) is 20.1 Å². The van der Waals surface area contributed by atoms with Gasteiger partial charge in [0.2, 0.25) is 5.28 Å². The Hall–Kier alpha value is -2.47. The number of hydrogen-bond donors (Lipinski definition) is 0. The normalized spacial score (nSPS) is 10.5. The molecule has 1 aromatic carbocycles. The number of nitrogens with zero attached hydrogens (tertiary/aromatic N) is 5. The van der Waals surface area contributed by atoms with E-state index in [1.807, 2.05) is 24.3 Å². The van der Waals surface area contributed by atoms with Gasteiger partial charge in [-0.3, -0.25) is 0 Å². The van der Waals surface area contributed by atoms with Crippen molar-refractivity contribution in [2.75, 3.05) is 7.11 Å². The summed E-state index contributed by atoms with van der Waals surface area (Å²) in [5.41, 5.74) is 0.823. The summed E-state index contributed by atoms with van der Waals surface area (Å²) in [6.45, 7) is 0. The van der Waals surface area contributed by atoms with Crippen LogP contribution in [0.4, 0.5) is 0 Å². The molecular formula is C13H10ClN5O. The summed E-state index contributed by atoms with van der Waals surface area (Å²) >= 11 is 5.95. The smallest absolute Gasteiger partial charge is 0.255 e. The fourth-order valence-corrected chi connectivity index (χ4v) is 1.85. The van der Waals surface area contributed by atoms with Crippen LogP contribution in [0.2, 0.25) is 5.28 Å². The second kappa shape index (κ2) is 5.26. The summed E-state index contributed by atoms with van der Waals surface area (Å²) in [6.07, 6.45) is 3.38. The number of rotatable bonds is 3. The summed E-state index contributed by atoms with van der Waals surface area (Å²) in [5.74, 6) is 1.63. The minimum Gasteiger partial charge on any atom is -0.497 e. The molecule has 3 aromatic rings. The Kier molecular flexibility index (Phi) is 3.30. The highest BCUT2D eigenvalue weighted by Crippen LogP contribution is 2.20. The van der Waals surface area contributed by atoms with Crippen molar-refractivity contribution in [3.63, 3.8) is 0 Å². The minimum absolute atomic E-state index is 0.122. The molecule has 0 aliphatic heterocycles. The van der Waals surface area contributed by atoms with Crippen molar-refractivity contribution < 1.29 is 4.74 Å². The van der Waals surface area contributed by atoms with Crippen LogP contribution in [0.1, 0.15) is 0 Å². The fourth-order valence-electron chi connectivity index (χ4n) is 1.70. The van der Waals surface area contributed by atoms with Crippen molar-refractivity contribution >= 4 is 11.6 Å². The monoisotopic (exact) mass is 287 g/mol. The molecule has 0 atom stereocenters. The highest BCUT2D eigenvalue weighted by molar-refractivity contribution is 6.28. The molecule has 0 amide bonds. The third kappa shape index (κ3) is 2.46. The van der Waals surface area contributed by atoms with E-state index in [-0.39, 0.29) is 5.28 Å². The number of benzene rings is 1. The van der Waals surface area contributed by atoms with Crippen LogP contribution in [0.15, 0.2) is 42.7 Å². The van der Waals surface area contributed by atoms with E-state index < -0.39 is 0 Å². The topological polar surface area (TPSA) is 65.7 Å². The van der Waals surface area contributed by atoms with Gasteiger partial charge in [0.05, 0.1) is 7.11 Å². The SMILES string of the molecule is COc1ccc(-c2nc(Cl)nc(-n3cccn3)n2)cc1. The lowest BCUT2D eigenvalue weighted by molar-refractivity contribution is 0.415. The maximum absolute atomic E-state index is 5.95. The summed E-state index contributed by atoms with van der Waals surface area (Å²) in [4.78, 5) is 12.5. The molecule has 0 bridgehead atoms. The molecule has 0 saturated carbocycles. The molecule has 0 unspecified atom stereocenters. The van der Waals surface area contributed by atoms with Gasteiger partial charge < -0.3 is 4.74 Å². The Morgan fingerprint density at radius 1 is 1.10 bits per heavy atom. The van der Waals surface area contributed by atoms with Gasteiger partial charge >= 0.3 is 0 Å². The van der Waals surface area contributed by atoms with Crippen molar-refractivity contribution in [3.8, 4) is 23.1 Å². The molecule has 100 valence electrons. The summed E-state index contributed by atoms with van der Waals surface area (Å²) < 4.78 is 6.65. The maximum Gasteiger partial charge on any atom is 0.255 e. The van der Waals surface area contributed by atoms with Gasteiger partial charge in [-0.05, 0) is 41.9 Å². The first-order chi connectivity index (χ1) is 9.76. The summed E-state index contributed by atoms with van der Waals surface area (Å²) in [7, 11) is 1.62. The van der Waals surface area contributed by atoms with Crippen LogP contribution in [-0.2, 0) is 0 Å². The number of ether oxygens (including phenoxy) is 1. The average molecular weight is 288 g/mol. The van der Waals surface area contributed by atoms with E-state index in [0.717, 1.165) is 11.3 Å². The molecular weight excluding hydrogens is 278 g/mol. The quantitative estimate of drug-likeness (QED) is 0.740. The van der Waals surface area contributed by atoms with Crippen molar-refractivity contribution in [2.24, 2.45) is 0 Å². The lowest BCUT2D eigenvalue weighted by atomic mass is 10.2. The molecule has 0 aliphatic rings. The zero-order valence-electron chi connectivity index (χ0n) is 10.6. The van der Waals surface area contributed by atoms with E-state index in [0.29, 0.717) is 11.8 Å². The molecule has 0 aliphatic carbocycles. The Balaban J connectivity index is 2.04. The third-order valence-electron chi connectivity index (χ3n) is 2.65. The Morgan fingerprint density at radius 3 is 2.55 bits per heavy atom. The van der Waals surface area contributed by atoms with Gasteiger partial charge in [0.25, 0.3) is 5.95 Å². The highest BCUT2D eigenvalue weighted by atomic mass is 35.5. The molecule has 0 spiro atoms. The van der Waals surface area contributed by atoms with Crippen LogP contribution in [0.3, 0.4) is 0 Å². The van der Waals surface area contributed by atoms with Crippen LogP contribution in [-0.4, -0.2) is 31.8 Å². The Morgan fingerprint density at radius 2 is 1.90 bits per heavy atom. The van der Waals surface area contributed by atoms with Crippen LogP contribution in [0, 0.1) is 0 Å². The molecule has 7 heteroatoms. The number of hydrogen-bond acceptors (Lipinski definition) is 5. The zero-order valence-corrected chi connectivity index (χ0v) is 11.3. The van der Waals surface area contributed by atoms with E-state index in [1.165, 1.54) is 4.68 Å². The van der Waals surface area contributed by atoms with E-state index in [1.54, 1.807) is 25.6 Å². The zero-order chi connectivity index (χ0) is 13.9. The van der Waals surface area contributed by atoms with Gasteiger partial charge in [-0.15, -0.1) is 0 Å². The fraction of sp³-hybridized carbons (Fsp3) is 0.0769. The van der Waals surface area contributed by atoms with Gasteiger partial charge in [0.15, 0.2) is 5.82 Å². The predicted octanol–water partition coefficient (Wildman–Crippen LogP) is 2.39. The first kappa shape index (κ1) is 12.6. The average Bonchev–Trinajstić information content (AvgIpc) is 3.01. The van der Waals surface area contributed by atoms with Crippen molar-refractivity contribution in [1.29, 1.82) is 0 Å². The molecule has 6 nitrogen and oxygen atoms in total. The standard InChI is InChI=1S/C13H10ClN5O/c1-20-10-5-3-9(4-6-10)11-16-12(14)18-13(17-11)19-8-2-7-15-19/h2-8H,1H3. The molecule has 3 rings (SSSR count). The summed E-state index contributed by atoms with van der Waals surface area (Å²) in [5, 5.41) is 4.20. The molecule has 0 radical (unpaired) electrons. The summed E-state index contributed by atoms with van der Waals surface area (Å²) in [6, 6.07) is 9.17. The van der Waals surface area contributed by atoms with E-state index in [9.17, 15) is 0 Å². The first-order valence-corrected chi connectivity index (χ1v) is 6.20. The van der Waals surface area contributed by atoms with Gasteiger partial charge in [-0.2, -0.15) is 20.1 Å². The highest BCUT2D eigenvalue weighted by Gasteiger charge is 2.09. The molecule has 2 heterocycles. The van der Waals surface area contributed by atoms with Crippen molar-refractivity contribution in [1.82, 2.24) is 24.7 Å². The molecule has 2 aromatic heterocycles. The lowest BCUT2D eigenvalue weighted by Gasteiger charge is -2.05. The predicted molar refractivity (Wildman–Crippen MR) is 73.9 cm³/mol. The first-order valence-electron chi connectivity index (χ1n) is 5.82. The Labute approximate surface area is 120 Å². The molecule has 0 saturated heterocycles. The molecule has 0 N–H and O–H groups in total. The van der Waals surface area contributed by atoms with Crippen molar-refractivity contribution in [3.05, 3.63) is 48.0 Å². The largest absolute Gasteiger partial charge is 0.497 e. The van der Waals surface area contributed by atoms with E-state index in [4.69, 9.17) is 16.3 Å². The van der Waals surface area contributed by atoms with Gasteiger partial charge in [-0.1, -0.05) is 0 Å². The van der Waals surface area contributed by atoms with Crippen LogP contribution in [0.5, 0.6) is 5.75 Å². The number of methoxy groups -OCH3 is 1. The van der Waals surface area contributed by atoms with Gasteiger partial charge in [-0.25, -0.2) is 4.68 Å². The molecule has 20 heavy (non-hydrogen) atoms. The second-order valence-electron chi connectivity index (χ2n) is 3.91. The minimum atomic E-state index is 0.122. The number of aromatic nitrogens is 5. The third-order valence-corrected chi connectivity index (χ3v) is 2.82. The second-order valence-corrected chi connectivity index (χ2v) is 4.25. The van der Waals surface area contributed by atoms with Gasteiger partial charge in [0.1, 0.15) is 5.75 Å². The van der Waals surface area contributed by atoms with Crippen LogP contribution in [0.25, 0.3) is 17.3 Å². The lowest BCUT2D eigenvalue weighted by Crippen LogP contribution is -2.04. The Bertz CT molecular complexity index is 712. The van der Waals surface area contributed by atoms with Gasteiger partial charge in [0, 0.05) is 18.0 Å². The van der Waals surface area contributed by atoms with Crippen LogP contribution >= 0.6 is 11.6 Å². The van der Waals surface area contributed by atoms with Crippen molar-refractivity contribution in [2.45, 2.75) is 0 Å².